The van der Waals surface area contributed by atoms with E-state index in [0.717, 1.165) is 12.8 Å². The van der Waals surface area contributed by atoms with Crippen molar-refractivity contribution in [3.63, 3.8) is 0 Å². The topological polar surface area (TPSA) is 78.5 Å². The molecule has 1 aromatic carbocycles. The number of hydrogen-bond donors (Lipinski definition) is 2. The van der Waals surface area contributed by atoms with E-state index >= 15 is 0 Å². The summed E-state index contributed by atoms with van der Waals surface area (Å²) in [6.45, 7) is 10.6. The lowest BCUT2D eigenvalue weighted by molar-refractivity contribution is -0.142. The summed E-state index contributed by atoms with van der Waals surface area (Å²) in [6, 6.07) is 7.00. The zero-order chi connectivity index (χ0) is 20.2. The summed E-state index contributed by atoms with van der Waals surface area (Å²) in [5, 5.41) is 5.74. The maximum atomic E-state index is 12.8. The normalized spacial score (nSPS) is 17.6. The summed E-state index contributed by atoms with van der Waals surface area (Å²) >= 11 is 0. The van der Waals surface area contributed by atoms with E-state index < -0.39 is 5.41 Å². The Balaban J connectivity index is 2.09. The Morgan fingerprint density at radius 2 is 1.81 bits per heavy atom. The minimum Gasteiger partial charge on any atom is -0.350 e. The van der Waals surface area contributed by atoms with Gasteiger partial charge in [0, 0.05) is 24.5 Å². The molecule has 1 unspecified atom stereocenters. The Hall–Kier alpha value is -2.37. The fourth-order valence-electron chi connectivity index (χ4n) is 3.21. The van der Waals surface area contributed by atoms with Crippen molar-refractivity contribution in [2.75, 3.05) is 18.4 Å². The maximum Gasteiger partial charge on any atom is 0.253 e. The monoisotopic (exact) mass is 373 g/mol. The van der Waals surface area contributed by atoms with Crippen molar-refractivity contribution in [3.8, 4) is 0 Å². The average Bonchev–Trinajstić information content (AvgIpc) is 2.60. The van der Waals surface area contributed by atoms with Gasteiger partial charge in [0.25, 0.3) is 5.91 Å². The van der Waals surface area contributed by atoms with Crippen molar-refractivity contribution in [2.45, 2.75) is 53.5 Å². The van der Waals surface area contributed by atoms with Crippen molar-refractivity contribution in [2.24, 2.45) is 11.3 Å². The number of benzene rings is 1. The molecule has 0 spiro atoms. The third kappa shape index (κ3) is 5.55. The van der Waals surface area contributed by atoms with Crippen LogP contribution in [-0.2, 0) is 9.59 Å². The van der Waals surface area contributed by atoms with Crippen LogP contribution in [0.25, 0.3) is 0 Å². The van der Waals surface area contributed by atoms with Crippen LogP contribution in [0.2, 0.25) is 0 Å². The summed E-state index contributed by atoms with van der Waals surface area (Å²) in [5.41, 5.74) is 0.484. The van der Waals surface area contributed by atoms with Crippen molar-refractivity contribution in [1.29, 1.82) is 0 Å². The van der Waals surface area contributed by atoms with Gasteiger partial charge in [0.2, 0.25) is 11.8 Å². The molecule has 6 nitrogen and oxygen atoms in total. The third-order valence-electron chi connectivity index (χ3n) is 4.57. The van der Waals surface area contributed by atoms with Gasteiger partial charge in [-0.05, 0) is 38.8 Å². The molecule has 3 amide bonds. The average molecular weight is 373 g/mol. The van der Waals surface area contributed by atoms with Gasteiger partial charge >= 0.3 is 0 Å². The zero-order valence-corrected chi connectivity index (χ0v) is 17.0. The predicted octanol–water partition coefficient (Wildman–Crippen LogP) is 3.05. The highest BCUT2D eigenvalue weighted by molar-refractivity contribution is 6.04. The standard InChI is InChI=1S/C21H31N3O3/c1-14(2)22-19(26)16-10-6-7-11-17(16)23-18(25)15-9-8-12-24(13-15)20(27)21(3,4)5/h6-7,10-11,14-15H,8-9,12-13H2,1-5H3,(H,22,26)(H,23,25). The van der Waals surface area contributed by atoms with Gasteiger partial charge in [-0.25, -0.2) is 0 Å². The molecule has 2 rings (SSSR count). The fraction of sp³-hybridized carbons (Fsp3) is 0.571. The second-order valence-corrected chi connectivity index (χ2v) is 8.50. The molecule has 1 atom stereocenters. The molecule has 1 aliphatic heterocycles. The number of carbonyl (C=O) groups is 3. The Morgan fingerprint density at radius 3 is 2.44 bits per heavy atom. The lowest BCUT2D eigenvalue weighted by Crippen LogP contribution is -2.47. The molecule has 0 radical (unpaired) electrons. The van der Waals surface area contributed by atoms with Crippen LogP contribution in [0.1, 0.15) is 57.8 Å². The highest BCUT2D eigenvalue weighted by Crippen LogP contribution is 2.25. The summed E-state index contributed by atoms with van der Waals surface area (Å²) < 4.78 is 0. The Bertz CT molecular complexity index is 707. The van der Waals surface area contributed by atoms with E-state index in [1.807, 2.05) is 34.6 Å². The first-order chi connectivity index (χ1) is 12.6. The molecule has 0 saturated carbocycles. The highest BCUT2D eigenvalue weighted by atomic mass is 16.2. The predicted molar refractivity (Wildman–Crippen MR) is 106 cm³/mol. The minimum atomic E-state index is -0.458. The molecule has 0 aliphatic carbocycles. The molecule has 6 heteroatoms. The van der Waals surface area contributed by atoms with Gasteiger partial charge in [0.15, 0.2) is 0 Å². The molecule has 1 fully saturated rings. The van der Waals surface area contributed by atoms with Crippen molar-refractivity contribution < 1.29 is 14.4 Å². The number of rotatable bonds is 4. The lowest BCUT2D eigenvalue weighted by Gasteiger charge is -2.36. The van der Waals surface area contributed by atoms with Gasteiger partial charge in [-0.1, -0.05) is 32.9 Å². The van der Waals surface area contributed by atoms with Crippen molar-refractivity contribution >= 4 is 23.4 Å². The number of hydrogen-bond acceptors (Lipinski definition) is 3. The van der Waals surface area contributed by atoms with E-state index in [1.165, 1.54) is 0 Å². The lowest BCUT2D eigenvalue weighted by atomic mass is 9.91. The van der Waals surface area contributed by atoms with E-state index in [-0.39, 0.29) is 29.7 Å². The number of amides is 3. The molecule has 1 aliphatic rings. The molecule has 2 N–H and O–H groups in total. The number of nitrogens with zero attached hydrogens (tertiary/aromatic N) is 1. The van der Waals surface area contributed by atoms with Gasteiger partial charge < -0.3 is 15.5 Å². The summed E-state index contributed by atoms with van der Waals surface area (Å²) in [5.74, 6) is -0.566. The smallest absolute Gasteiger partial charge is 0.253 e. The van der Waals surface area contributed by atoms with Crippen LogP contribution >= 0.6 is 0 Å². The van der Waals surface area contributed by atoms with Crippen molar-refractivity contribution in [1.82, 2.24) is 10.2 Å². The summed E-state index contributed by atoms with van der Waals surface area (Å²) in [7, 11) is 0. The Labute approximate surface area is 161 Å². The number of anilines is 1. The van der Waals surface area contributed by atoms with Crippen LogP contribution < -0.4 is 10.6 Å². The first-order valence-electron chi connectivity index (χ1n) is 9.59. The zero-order valence-electron chi connectivity index (χ0n) is 17.0. The van der Waals surface area contributed by atoms with Crippen LogP contribution in [0.3, 0.4) is 0 Å². The van der Waals surface area contributed by atoms with E-state index in [0.29, 0.717) is 24.3 Å². The molecule has 1 aromatic rings. The highest BCUT2D eigenvalue weighted by Gasteiger charge is 2.33. The third-order valence-corrected chi connectivity index (χ3v) is 4.57. The largest absolute Gasteiger partial charge is 0.350 e. The first kappa shape index (κ1) is 20.9. The van der Waals surface area contributed by atoms with Crippen LogP contribution in [-0.4, -0.2) is 41.8 Å². The fourth-order valence-corrected chi connectivity index (χ4v) is 3.21. The minimum absolute atomic E-state index is 0.0107. The van der Waals surface area contributed by atoms with Crippen LogP contribution in [0.5, 0.6) is 0 Å². The van der Waals surface area contributed by atoms with Gasteiger partial charge in [0.1, 0.15) is 0 Å². The second kappa shape index (κ2) is 8.55. The van der Waals surface area contributed by atoms with E-state index in [2.05, 4.69) is 10.6 Å². The van der Waals surface area contributed by atoms with E-state index in [4.69, 9.17) is 0 Å². The van der Waals surface area contributed by atoms with Crippen LogP contribution in [0, 0.1) is 11.3 Å². The van der Waals surface area contributed by atoms with Crippen molar-refractivity contribution in [3.05, 3.63) is 29.8 Å². The SMILES string of the molecule is CC(C)NC(=O)c1ccccc1NC(=O)C1CCCN(C(=O)C(C)(C)C)C1. The van der Waals surface area contributed by atoms with Gasteiger partial charge in [-0.2, -0.15) is 0 Å². The second-order valence-electron chi connectivity index (χ2n) is 8.50. The van der Waals surface area contributed by atoms with E-state index in [1.54, 1.807) is 29.2 Å². The number of likely N-dealkylation sites (tertiary alicyclic amines) is 1. The summed E-state index contributed by atoms with van der Waals surface area (Å²) in [6.07, 6.45) is 1.54. The van der Waals surface area contributed by atoms with E-state index in [9.17, 15) is 14.4 Å². The van der Waals surface area contributed by atoms with Gasteiger partial charge in [-0.15, -0.1) is 0 Å². The van der Waals surface area contributed by atoms with Gasteiger partial charge in [-0.3, -0.25) is 14.4 Å². The Kier molecular flexibility index (Phi) is 6.63. The number of carbonyl (C=O) groups excluding carboxylic acids is 3. The maximum absolute atomic E-state index is 12.8. The molecule has 27 heavy (non-hydrogen) atoms. The summed E-state index contributed by atoms with van der Waals surface area (Å²) in [4.78, 5) is 39.5. The number of para-hydroxylation sites is 1. The molecule has 148 valence electrons. The molecule has 0 aromatic heterocycles. The van der Waals surface area contributed by atoms with Gasteiger partial charge in [0.05, 0.1) is 17.2 Å². The number of nitrogens with one attached hydrogen (secondary N) is 2. The number of piperidine rings is 1. The van der Waals surface area contributed by atoms with Crippen LogP contribution in [0.15, 0.2) is 24.3 Å². The molecule has 1 heterocycles. The molecule has 0 bridgehead atoms. The Morgan fingerprint density at radius 1 is 1.15 bits per heavy atom. The molecular weight excluding hydrogens is 342 g/mol. The van der Waals surface area contributed by atoms with Crippen LogP contribution in [0.4, 0.5) is 5.69 Å². The quantitative estimate of drug-likeness (QED) is 0.851. The molecular formula is C21H31N3O3. The first-order valence-corrected chi connectivity index (χ1v) is 9.59. The molecule has 1 saturated heterocycles.